The Balaban J connectivity index is 2.49. The van der Waals surface area contributed by atoms with Gasteiger partial charge in [-0.25, -0.2) is 0 Å². The van der Waals surface area contributed by atoms with Gasteiger partial charge in [0.15, 0.2) is 0 Å². The van der Waals surface area contributed by atoms with Crippen molar-refractivity contribution >= 4 is 43.8 Å². The summed E-state index contributed by atoms with van der Waals surface area (Å²) < 4.78 is 80.6. The minimum Gasteiger partial charge on any atom is -0.366 e. The number of hydrogen-bond donors (Lipinski definition) is 1. The maximum Gasteiger partial charge on any atom is 0.417 e. The second-order valence-electron chi connectivity index (χ2n) is 5.75. The molecule has 0 radical (unpaired) electrons. The van der Waals surface area contributed by atoms with Crippen molar-refractivity contribution in [1.82, 2.24) is 0 Å². The molecule has 10 heteroatoms. The molecule has 0 aliphatic heterocycles. The lowest BCUT2D eigenvalue weighted by molar-refractivity contribution is -0.139. The van der Waals surface area contributed by atoms with E-state index >= 15 is 0 Å². The van der Waals surface area contributed by atoms with Gasteiger partial charge in [0.2, 0.25) is 5.91 Å². The second-order valence-corrected chi connectivity index (χ2v) is 7.58. The van der Waals surface area contributed by atoms with E-state index in [1.54, 1.807) is 6.07 Å². The highest BCUT2D eigenvalue weighted by atomic mass is 79.9. The predicted molar refractivity (Wildman–Crippen MR) is 99.6 cm³/mol. The van der Waals surface area contributed by atoms with Crippen LogP contribution in [0.5, 0.6) is 0 Å². The van der Waals surface area contributed by atoms with Crippen molar-refractivity contribution in [1.29, 1.82) is 0 Å². The van der Waals surface area contributed by atoms with Crippen LogP contribution in [0, 0.1) is 0 Å². The molecule has 1 atom stereocenters. The van der Waals surface area contributed by atoms with Crippen molar-refractivity contribution in [2.24, 2.45) is 5.73 Å². The van der Waals surface area contributed by atoms with Crippen molar-refractivity contribution in [3.8, 4) is 0 Å². The summed E-state index contributed by atoms with van der Waals surface area (Å²) in [5.41, 5.74) is 2.61. The Morgan fingerprint density at radius 1 is 0.964 bits per heavy atom. The summed E-state index contributed by atoms with van der Waals surface area (Å²) >= 11 is 6.21. The Hall–Kier alpha value is -1.81. The molecule has 0 heterocycles. The lowest BCUT2D eigenvalue weighted by atomic mass is 9.96. The Kier molecular flexibility index (Phi) is 6.65. The fourth-order valence-electron chi connectivity index (χ4n) is 2.49. The number of primary amides is 1. The molecule has 0 saturated heterocycles. The highest BCUT2D eigenvalue weighted by Crippen LogP contribution is 2.39. The number of carbonyl (C=O) groups is 1. The molecule has 1 amide bonds. The van der Waals surface area contributed by atoms with Crippen LogP contribution in [0.25, 0.3) is 6.08 Å². The average molecular weight is 531 g/mol. The SMILES string of the molecule is NC(=O)c1ccc(/C=C/C(c2cc(Br)cc(Br)c2)C(F)(F)F)cc1C(F)(F)F. The van der Waals surface area contributed by atoms with Crippen LogP contribution in [0.15, 0.2) is 51.4 Å². The summed E-state index contributed by atoms with van der Waals surface area (Å²) in [5.74, 6) is -3.33. The van der Waals surface area contributed by atoms with Gasteiger partial charge in [0, 0.05) is 8.95 Å². The molecular weight excluding hydrogens is 520 g/mol. The number of hydrogen-bond acceptors (Lipinski definition) is 1. The first-order valence-electron chi connectivity index (χ1n) is 7.51. The smallest absolute Gasteiger partial charge is 0.366 e. The normalized spacial score (nSPS) is 13.7. The van der Waals surface area contributed by atoms with Crippen LogP contribution in [-0.2, 0) is 6.18 Å². The number of allylic oxidation sites excluding steroid dienone is 1. The zero-order valence-electron chi connectivity index (χ0n) is 13.7. The monoisotopic (exact) mass is 529 g/mol. The summed E-state index contributed by atoms with van der Waals surface area (Å²) in [6.45, 7) is 0. The van der Waals surface area contributed by atoms with Crippen molar-refractivity contribution < 1.29 is 31.1 Å². The van der Waals surface area contributed by atoms with Gasteiger partial charge in [-0.2, -0.15) is 26.3 Å². The van der Waals surface area contributed by atoms with E-state index in [1.807, 2.05) is 0 Å². The molecule has 0 fully saturated rings. The number of alkyl halides is 6. The standard InChI is InChI=1S/C18H11Br2F6NO/c19-11-6-10(7-12(20)8-11)14(17(21,22)23)4-2-9-1-3-13(16(27)28)15(5-9)18(24,25)26/h1-8,14H,(H2,27,28)/b4-2+. The van der Waals surface area contributed by atoms with Crippen LogP contribution in [0.3, 0.4) is 0 Å². The maximum atomic E-state index is 13.5. The molecule has 0 aromatic heterocycles. The van der Waals surface area contributed by atoms with Gasteiger partial charge in [-0.05, 0) is 41.5 Å². The van der Waals surface area contributed by atoms with Crippen LogP contribution in [0.2, 0.25) is 0 Å². The van der Waals surface area contributed by atoms with E-state index in [9.17, 15) is 31.1 Å². The first-order valence-corrected chi connectivity index (χ1v) is 9.09. The summed E-state index contributed by atoms with van der Waals surface area (Å²) in [6.07, 6.45) is -7.87. The topological polar surface area (TPSA) is 43.1 Å². The fraction of sp³-hybridized carbons (Fsp3) is 0.167. The van der Waals surface area contributed by atoms with Gasteiger partial charge < -0.3 is 5.73 Å². The van der Waals surface area contributed by atoms with Crippen LogP contribution in [-0.4, -0.2) is 12.1 Å². The third kappa shape index (κ3) is 5.60. The lowest BCUT2D eigenvalue weighted by Crippen LogP contribution is -2.19. The van der Waals surface area contributed by atoms with Crippen LogP contribution in [0.1, 0.15) is 33.0 Å². The van der Waals surface area contributed by atoms with E-state index < -0.39 is 35.3 Å². The number of nitrogens with two attached hydrogens (primary N) is 1. The van der Waals surface area contributed by atoms with Gasteiger partial charge in [0.1, 0.15) is 0 Å². The molecule has 0 aliphatic carbocycles. The first kappa shape index (κ1) is 22.5. The minimum atomic E-state index is -4.88. The Bertz CT molecular complexity index is 901. The number of benzene rings is 2. The zero-order valence-corrected chi connectivity index (χ0v) is 16.9. The molecule has 2 aromatic carbocycles. The third-order valence-corrected chi connectivity index (χ3v) is 4.61. The number of halogens is 8. The predicted octanol–water partition coefficient (Wildman–Crippen LogP) is 6.69. The zero-order chi connectivity index (χ0) is 21.3. The quantitative estimate of drug-likeness (QED) is 0.440. The van der Waals surface area contributed by atoms with Crippen LogP contribution in [0.4, 0.5) is 26.3 Å². The highest BCUT2D eigenvalue weighted by Gasteiger charge is 2.39. The first-order chi connectivity index (χ1) is 12.8. The maximum absolute atomic E-state index is 13.5. The molecule has 0 bridgehead atoms. The summed E-state index contributed by atoms with van der Waals surface area (Å²) in [7, 11) is 0. The number of amides is 1. The minimum absolute atomic E-state index is 0.102. The Morgan fingerprint density at radius 3 is 2.00 bits per heavy atom. The van der Waals surface area contributed by atoms with Crippen molar-refractivity contribution in [2.75, 3.05) is 0 Å². The molecule has 2 rings (SSSR count). The molecular formula is C18H11Br2F6NO. The van der Waals surface area contributed by atoms with E-state index in [4.69, 9.17) is 5.73 Å². The molecule has 150 valence electrons. The second kappa shape index (κ2) is 8.28. The molecule has 0 aliphatic rings. The van der Waals surface area contributed by atoms with Crippen molar-refractivity contribution in [3.63, 3.8) is 0 Å². The molecule has 1 unspecified atom stereocenters. The third-order valence-electron chi connectivity index (χ3n) is 3.69. The Labute approximate surface area is 172 Å². The van der Waals surface area contributed by atoms with Gasteiger partial charge in [-0.15, -0.1) is 0 Å². The molecule has 0 saturated carbocycles. The van der Waals surface area contributed by atoms with Crippen LogP contribution >= 0.6 is 31.9 Å². The Morgan fingerprint density at radius 2 is 1.54 bits per heavy atom. The van der Waals surface area contributed by atoms with E-state index in [0.717, 1.165) is 24.3 Å². The molecule has 2 nitrogen and oxygen atoms in total. The summed E-state index contributed by atoms with van der Waals surface area (Å²) in [5, 5.41) is 0. The molecule has 28 heavy (non-hydrogen) atoms. The van der Waals surface area contributed by atoms with Gasteiger partial charge in [-0.1, -0.05) is 50.1 Å². The van der Waals surface area contributed by atoms with E-state index in [-0.39, 0.29) is 11.1 Å². The number of carbonyl (C=O) groups excluding carboxylic acids is 1. The van der Waals surface area contributed by atoms with E-state index in [0.29, 0.717) is 15.0 Å². The van der Waals surface area contributed by atoms with Crippen molar-refractivity contribution in [2.45, 2.75) is 18.3 Å². The summed E-state index contributed by atoms with van der Waals surface area (Å²) in [6, 6.07) is 6.61. The largest absolute Gasteiger partial charge is 0.417 e. The van der Waals surface area contributed by atoms with E-state index in [2.05, 4.69) is 31.9 Å². The van der Waals surface area contributed by atoms with Gasteiger partial charge >= 0.3 is 12.4 Å². The van der Waals surface area contributed by atoms with Gasteiger partial charge in [0.05, 0.1) is 17.0 Å². The molecule has 2 aromatic rings. The van der Waals surface area contributed by atoms with Crippen molar-refractivity contribution in [3.05, 3.63) is 73.7 Å². The highest BCUT2D eigenvalue weighted by molar-refractivity contribution is 9.11. The summed E-state index contributed by atoms with van der Waals surface area (Å²) in [4.78, 5) is 11.2. The number of rotatable bonds is 4. The van der Waals surface area contributed by atoms with Crippen LogP contribution < -0.4 is 5.73 Å². The van der Waals surface area contributed by atoms with Gasteiger partial charge in [-0.3, -0.25) is 4.79 Å². The van der Waals surface area contributed by atoms with Gasteiger partial charge in [0.25, 0.3) is 0 Å². The fourth-order valence-corrected chi connectivity index (χ4v) is 3.82. The lowest BCUT2D eigenvalue weighted by Gasteiger charge is -2.18. The molecule has 2 N–H and O–H groups in total. The average Bonchev–Trinajstić information content (AvgIpc) is 2.51. The van der Waals surface area contributed by atoms with E-state index in [1.165, 1.54) is 12.1 Å². The molecule has 0 spiro atoms.